The molecule has 3 aliphatic rings. The van der Waals surface area contributed by atoms with E-state index >= 15 is 0 Å². The first-order valence-corrected chi connectivity index (χ1v) is 9.67. The Labute approximate surface area is 145 Å². The lowest BCUT2D eigenvalue weighted by molar-refractivity contribution is -0.135. The van der Waals surface area contributed by atoms with Crippen LogP contribution in [0, 0.1) is 17.8 Å². The first-order chi connectivity index (χ1) is 11.5. The van der Waals surface area contributed by atoms with Gasteiger partial charge in [-0.25, -0.2) is 9.97 Å². The molecule has 4 nitrogen and oxygen atoms in total. The van der Waals surface area contributed by atoms with Crippen molar-refractivity contribution >= 4 is 5.91 Å². The average Bonchev–Trinajstić information content (AvgIpc) is 3.11. The maximum atomic E-state index is 12.9. The fraction of sp³-hybridized carbons (Fsp3) is 0.750. The molecule has 2 heterocycles. The number of carbonyl (C=O) groups is 1. The quantitative estimate of drug-likeness (QED) is 0.835. The van der Waals surface area contributed by atoms with E-state index in [1.54, 1.807) is 0 Å². The van der Waals surface area contributed by atoms with Crippen LogP contribution in [-0.2, 0) is 11.2 Å². The molecule has 0 radical (unpaired) electrons. The number of rotatable bonds is 2. The molecule has 2 unspecified atom stereocenters. The highest BCUT2D eigenvalue weighted by atomic mass is 16.2. The summed E-state index contributed by atoms with van der Waals surface area (Å²) in [6, 6.07) is 0. The van der Waals surface area contributed by atoms with Gasteiger partial charge in [0.05, 0.1) is 0 Å². The maximum absolute atomic E-state index is 12.9. The van der Waals surface area contributed by atoms with Gasteiger partial charge in [-0.15, -0.1) is 0 Å². The van der Waals surface area contributed by atoms with E-state index in [4.69, 9.17) is 4.98 Å². The van der Waals surface area contributed by atoms with Crippen molar-refractivity contribution in [2.24, 2.45) is 17.8 Å². The summed E-state index contributed by atoms with van der Waals surface area (Å²) in [7, 11) is 0. The minimum Gasteiger partial charge on any atom is -0.342 e. The van der Waals surface area contributed by atoms with Crippen LogP contribution in [0.25, 0.3) is 0 Å². The molecule has 2 fully saturated rings. The monoisotopic (exact) mass is 327 g/mol. The zero-order valence-corrected chi connectivity index (χ0v) is 15.2. The topological polar surface area (TPSA) is 46.1 Å². The minimum atomic E-state index is 0.277. The number of likely N-dealkylation sites (tertiary alicyclic amines) is 1. The van der Waals surface area contributed by atoms with Crippen LogP contribution < -0.4 is 0 Å². The third-order valence-corrected chi connectivity index (χ3v) is 6.41. The standard InChI is InChI=1S/C20H29N3O/c1-12(2)19-21-9-16-17-11-23(10-15(17)8-18(16)22-19)20(24)14-6-4-13(3)5-7-14/h9,12-15,17H,4-8,10-11H2,1-3H3. The zero-order valence-electron chi connectivity index (χ0n) is 15.2. The van der Waals surface area contributed by atoms with Crippen molar-refractivity contribution in [1.82, 2.24) is 14.9 Å². The summed E-state index contributed by atoms with van der Waals surface area (Å²) >= 11 is 0. The highest BCUT2D eigenvalue weighted by Crippen LogP contribution is 2.43. The molecule has 2 aliphatic carbocycles. The van der Waals surface area contributed by atoms with E-state index in [1.165, 1.54) is 24.1 Å². The smallest absolute Gasteiger partial charge is 0.225 e. The molecule has 1 saturated heterocycles. The lowest BCUT2D eigenvalue weighted by Crippen LogP contribution is -2.36. The van der Waals surface area contributed by atoms with Crippen LogP contribution in [0.15, 0.2) is 6.20 Å². The summed E-state index contributed by atoms with van der Waals surface area (Å²) in [6.45, 7) is 8.39. The summed E-state index contributed by atoms with van der Waals surface area (Å²) < 4.78 is 0. The number of aromatic nitrogens is 2. The van der Waals surface area contributed by atoms with Crippen molar-refractivity contribution in [2.45, 2.75) is 64.7 Å². The maximum Gasteiger partial charge on any atom is 0.225 e. The molecule has 0 aromatic carbocycles. The highest BCUT2D eigenvalue weighted by Gasteiger charge is 2.43. The van der Waals surface area contributed by atoms with Gasteiger partial charge in [-0.05, 0) is 49.5 Å². The van der Waals surface area contributed by atoms with Gasteiger partial charge in [0.25, 0.3) is 0 Å². The van der Waals surface area contributed by atoms with E-state index in [9.17, 15) is 4.79 Å². The van der Waals surface area contributed by atoms with Crippen LogP contribution in [0.2, 0.25) is 0 Å². The van der Waals surface area contributed by atoms with Crippen LogP contribution in [0.1, 0.15) is 75.4 Å². The second kappa shape index (κ2) is 6.12. The molecule has 4 rings (SSSR count). The second-order valence-corrected chi connectivity index (χ2v) is 8.56. The normalized spacial score (nSPS) is 32.1. The number of hydrogen-bond acceptors (Lipinski definition) is 3. The Hall–Kier alpha value is -1.45. The molecular weight excluding hydrogens is 298 g/mol. The van der Waals surface area contributed by atoms with Gasteiger partial charge < -0.3 is 4.90 Å². The Kier molecular flexibility index (Phi) is 4.09. The van der Waals surface area contributed by atoms with E-state index in [2.05, 4.69) is 30.7 Å². The van der Waals surface area contributed by atoms with Gasteiger partial charge in [0, 0.05) is 42.7 Å². The van der Waals surface area contributed by atoms with Crippen LogP contribution in [-0.4, -0.2) is 33.9 Å². The predicted octanol–water partition coefficient (Wildman–Crippen LogP) is 3.52. The van der Waals surface area contributed by atoms with Gasteiger partial charge in [0.2, 0.25) is 5.91 Å². The van der Waals surface area contributed by atoms with Crippen molar-refractivity contribution in [1.29, 1.82) is 0 Å². The number of carbonyl (C=O) groups excluding carboxylic acids is 1. The summed E-state index contributed by atoms with van der Waals surface area (Å²) in [5.74, 6) is 3.85. The van der Waals surface area contributed by atoms with Gasteiger partial charge in [-0.2, -0.15) is 0 Å². The summed E-state index contributed by atoms with van der Waals surface area (Å²) in [5, 5.41) is 0. The SMILES string of the molecule is CC1CCC(C(=O)N2CC3Cc4nc(C(C)C)ncc4C3C2)CC1. The predicted molar refractivity (Wildman–Crippen MR) is 93.8 cm³/mol. The van der Waals surface area contributed by atoms with Crippen LogP contribution in [0.5, 0.6) is 0 Å². The third-order valence-electron chi connectivity index (χ3n) is 6.41. The molecular formula is C20H29N3O. The fourth-order valence-electron chi connectivity index (χ4n) is 4.82. The molecule has 130 valence electrons. The van der Waals surface area contributed by atoms with Gasteiger partial charge in [-0.3, -0.25) is 4.79 Å². The molecule has 1 saturated carbocycles. The van der Waals surface area contributed by atoms with Gasteiger partial charge >= 0.3 is 0 Å². The highest BCUT2D eigenvalue weighted by molar-refractivity contribution is 5.79. The molecule has 0 bridgehead atoms. The molecule has 2 atom stereocenters. The van der Waals surface area contributed by atoms with E-state index in [1.807, 2.05) is 6.20 Å². The van der Waals surface area contributed by atoms with Crippen molar-refractivity contribution < 1.29 is 4.79 Å². The molecule has 1 aliphatic heterocycles. The lowest BCUT2D eigenvalue weighted by atomic mass is 9.82. The van der Waals surface area contributed by atoms with Gasteiger partial charge in [0.1, 0.15) is 5.82 Å². The Morgan fingerprint density at radius 2 is 1.96 bits per heavy atom. The third kappa shape index (κ3) is 2.74. The molecule has 1 amide bonds. The number of hydrogen-bond donors (Lipinski definition) is 0. The average molecular weight is 327 g/mol. The van der Waals surface area contributed by atoms with Crippen molar-refractivity contribution in [3.05, 3.63) is 23.3 Å². The Morgan fingerprint density at radius 1 is 1.21 bits per heavy atom. The van der Waals surface area contributed by atoms with Crippen LogP contribution >= 0.6 is 0 Å². The summed E-state index contributed by atoms with van der Waals surface area (Å²) in [6.07, 6.45) is 7.66. The molecule has 24 heavy (non-hydrogen) atoms. The van der Waals surface area contributed by atoms with Crippen molar-refractivity contribution in [3.63, 3.8) is 0 Å². The first-order valence-electron chi connectivity index (χ1n) is 9.67. The van der Waals surface area contributed by atoms with Crippen LogP contribution in [0.3, 0.4) is 0 Å². The fourth-order valence-corrected chi connectivity index (χ4v) is 4.82. The van der Waals surface area contributed by atoms with Gasteiger partial charge in [-0.1, -0.05) is 20.8 Å². The molecule has 0 N–H and O–H groups in total. The van der Waals surface area contributed by atoms with Crippen molar-refractivity contribution in [3.8, 4) is 0 Å². The lowest BCUT2D eigenvalue weighted by Gasteiger charge is -2.29. The second-order valence-electron chi connectivity index (χ2n) is 8.56. The van der Waals surface area contributed by atoms with E-state index < -0.39 is 0 Å². The summed E-state index contributed by atoms with van der Waals surface area (Å²) in [4.78, 5) is 24.4. The van der Waals surface area contributed by atoms with Gasteiger partial charge in [0.15, 0.2) is 0 Å². The first kappa shape index (κ1) is 16.0. The zero-order chi connectivity index (χ0) is 16.8. The Bertz CT molecular complexity index is 634. The molecule has 0 spiro atoms. The van der Waals surface area contributed by atoms with E-state index in [-0.39, 0.29) is 5.92 Å². The van der Waals surface area contributed by atoms with E-state index in [0.29, 0.717) is 23.7 Å². The number of fused-ring (bicyclic) bond motifs is 3. The largest absolute Gasteiger partial charge is 0.342 e. The summed E-state index contributed by atoms with van der Waals surface area (Å²) in [5.41, 5.74) is 2.54. The Balaban J connectivity index is 1.45. The molecule has 4 heteroatoms. The number of amides is 1. The molecule has 1 aromatic rings. The van der Waals surface area contributed by atoms with Crippen LogP contribution in [0.4, 0.5) is 0 Å². The van der Waals surface area contributed by atoms with E-state index in [0.717, 1.165) is 44.1 Å². The minimum absolute atomic E-state index is 0.277. The Morgan fingerprint density at radius 3 is 2.67 bits per heavy atom. The van der Waals surface area contributed by atoms with Crippen molar-refractivity contribution in [2.75, 3.05) is 13.1 Å². The number of nitrogens with zero attached hydrogens (tertiary/aromatic N) is 3. The molecule has 1 aromatic heterocycles.